The second-order valence-electron chi connectivity index (χ2n) is 5.34. The summed E-state index contributed by atoms with van der Waals surface area (Å²) < 4.78 is 5.34. The highest BCUT2D eigenvalue weighted by Crippen LogP contribution is 2.33. The average molecular weight is 265 g/mol. The summed E-state index contributed by atoms with van der Waals surface area (Å²) in [5, 5.41) is 11.9. The van der Waals surface area contributed by atoms with E-state index in [4.69, 9.17) is 9.52 Å². The molecular formula is C14H19NO4. The van der Waals surface area contributed by atoms with Crippen LogP contribution in [0.1, 0.15) is 54.0 Å². The van der Waals surface area contributed by atoms with Crippen LogP contribution >= 0.6 is 0 Å². The average Bonchev–Trinajstić information content (AvgIpc) is 2.85. The van der Waals surface area contributed by atoms with Crippen LogP contribution in [-0.2, 0) is 4.79 Å². The lowest BCUT2D eigenvalue weighted by Gasteiger charge is -2.28. The molecule has 1 heterocycles. The van der Waals surface area contributed by atoms with E-state index in [1.807, 2.05) is 0 Å². The van der Waals surface area contributed by atoms with Gasteiger partial charge in [-0.1, -0.05) is 12.8 Å². The van der Waals surface area contributed by atoms with Gasteiger partial charge in [0.25, 0.3) is 5.91 Å². The molecule has 0 saturated heterocycles. The minimum Gasteiger partial charge on any atom is -0.481 e. The summed E-state index contributed by atoms with van der Waals surface area (Å²) in [4.78, 5) is 23.2. The molecular weight excluding hydrogens is 246 g/mol. The van der Waals surface area contributed by atoms with Gasteiger partial charge in [-0.05, 0) is 32.8 Å². The number of nitrogens with one attached hydrogen (secondary N) is 1. The van der Waals surface area contributed by atoms with E-state index < -0.39 is 11.5 Å². The van der Waals surface area contributed by atoms with E-state index in [1.165, 1.54) is 0 Å². The number of rotatable bonds is 4. The number of hydrogen-bond donors (Lipinski definition) is 2. The fraction of sp³-hybridized carbons (Fsp3) is 0.571. The van der Waals surface area contributed by atoms with Gasteiger partial charge in [-0.25, -0.2) is 0 Å². The largest absolute Gasteiger partial charge is 0.481 e. The number of furan rings is 1. The molecule has 0 spiro atoms. The molecule has 1 amide bonds. The molecule has 5 heteroatoms. The second kappa shape index (κ2) is 5.07. The second-order valence-corrected chi connectivity index (χ2v) is 5.34. The van der Waals surface area contributed by atoms with Crippen molar-refractivity contribution in [3.8, 4) is 0 Å². The highest BCUT2D eigenvalue weighted by Gasteiger charge is 2.38. The van der Waals surface area contributed by atoms with Crippen molar-refractivity contribution in [3.05, 3.63) is 23.2 Å². The van der Waals surface area contributed by atoms with Crippen LogP contribution in [-0.4, -0.2) is 22.5 Å². The maximum absolute atomic E-state index is 12.3. The van der Waals surface area contributed by atoms with E-state index >= 15 is 0 Å². The van der Waals surface area contributed by atoms with Gasteiger partial charge in [0.15, 0.2) is 0 Å². The van der Waals surface area contributed by atoms with E-state index in [0.29, 0.717) is 17.1 Å². The SMILES string of the molecule is Cc1cc(C(=O)NC2(CC(=O)O)CCCC2)c(C)o1. The Kier molecular flexibility index (Phi) is 3.64. The third-order valence-electron chi connectivity index (χ3n) is 3.71. The lowest BCUT2D eigenvalue weighted by molar-refractivity contribution is -0.138. The number of aryl methyl sites for hydroxylation is 2. The van der Waals surface area contributed by atoms with Crippen LogP contribution in [0.4, 0.5) is 0 Å². The third kappa shape index (κ3) is 2.97. The molecule has 2 rings (SSSR count). The zero-order valence-electron chi connectivity index (χ0n) is 11.3. The van der Waals surface area contributed by atoms with Gasteiger partial charge in [0.2, 0.25) is 0 Å². The van der Waals surface area contributed by atoms with E-state index in [0.717, 1.165) is 25.7 Å². The fourth-order valence-electron chi connectivity index (χ4n) is 2.85. The molecule has 5 nitrogen and oxygen atoms in total. The maximum Gasteiger partial charge on any atom is 0.305 e. The molecule has 1 aromatic rings. The standard InChI is InChI=1S/C14H19NO4/c1-9-7-11(10(2)19-9)13(18)15-14(8-12(16)17)5-3-4-6-14/h7H,3-6,8H2,1-2H3,(H,15,18)(H,16,17). The summed E-state index contributed by atoms with van der Waals surface area (Å²) in [6.07, 6.45) is 3.34. The van der Waals surface area contributed by atoms with Crippen LogP contribution in [0.5, 0.6) is 0 Å². The predicted octanol–water partition coefficient (Wildman–Crippen LogP) is 2.41. The van der Waals surface area contributed by atoms with Crippen LogP contribution in [0, 0.1) is 13.8 Å². The molecule has 1 aliphatic carbocycles. The lowest BCUT2D eigenvalue weighted by Crippen LogP contribution is -2.47. The maximum atomic E-state index is 12.3. The van der Waals surface area contributed by atoms with Crippen LogP contribution in [0.25, 0.3) is 0 Å². The molecule has 19 heavy (non-hydrogen) atoms. The van der Waals surface area contributed by atoms with Crippen molar-refractivity contribution in [3.63, 3.8) is 0 Å². The molecule has 0 radical (unpaired) electrons. The van der Waals surface area contributed by atoms with Crippen molar-refractivity contribution in [1.82, 2.24) is 5.32 Å². The summed E-state index contributed by atoms with van der Waals surface area (Å²) >= 11 is 0. The molecule has 1 fully saturated rings. The molecule has 1 saturated carbocycles. The normalized spacial score (nSPS) is 17.4. The minimum atomic E-state index is -0.873. The number of carbonyl (C=O) groups excluding carboxylic acids is 1. The van der Waals surface area contributed by atoms with Gasteiger partial charge in [-0.3, -0.25) is 9.59 Å². The smallest absolute Gasteiger partial charge is 0.305 e. The number of hydrogen-bond acceptors (Lipinski definition) is 3. The summed E-state index contributed by atoms with van der Waals surface area (Å²) in [5.41, 5.74) is -0.102. The monoisotopic (exact) mass is 265 g/mol. The van der Waals surface area contributed by atoms with Gasteiger partial charge in [-0.2, -0.15) is 0 Å². The molecule has 0 bridgehead atoms. The molecule has 0 aliphatic heterocycles. The van der Waals surface area contributed by atoms with Crippen molar-refractivity contribution < 1.29 is 19.1 Å². The van der Waals surface area contributed by atoms with Gasteiger partial charge in [0.05, 0.1) is 17.5 Å². The first kappa shape index (κ1) is 13.6. The van der Waals surface area contributed by atoms with Crippen molar-refractivity contribution in [1.29, 1.82) is 0 Å². The summed E-state index contributed by atoms with van der Waals surface area (Å²) in [5.74, 6) is 0.139. The van der Waals surface area contributed by atoms with Gasteiger partial charge in [0.1, 0.15) is 11.5 Å². The third-order valence-corrected chi connectivity index (χ3v) is 3.71. The zero-order valence-corrected chi connectivity index (χ0v) is 11.3. The molecule has 0 atom stereocenters. The Bertz CT molecular complexity index is 498. The number of carbonyl (C=O) groups is 2. The zero-order chi connectivity index (χ0) is 14.0. The first-order chi connectivity index (χ1) is 8.92. The van der Waals surface area contributed by atoms with Crippen molar-refractivity contribution >= 4 is 11.9 Å². The van der Waals surface area contributed by atoms with Crippen molar-refractivity contribution in [2.45, 2.75) is 51.5 Å². The quantitative estimate of drug-likeness (QED) is 0.876. The molecule has 0 unspecified atom stereocenters. The van der Waals surface area contributed by atoms with Gasteiger partial charge in [-0.15, -0.1) is 0 Å². The molecule has 1 aromatic heterocycles. The van der Waals surface area contributed by atoms with E-state index in [1.54, 1.807) is 19.9 Å². The Balaban J connectivity index is 2.15. The molecule has 104 valence electrons. The number of carboxylic acid groups (broad SMARTS) is 1. The Labute approximate surface area is 112 Å². The predicted molar refractivity (Wildman–Crippen MR) is 69.1 cm³/mol. The lowest BCUT2D eigenvalue weighted by atomic mass is 9.92. The Morgan fingerprint density at radius 3 is 2.47 bits per heavy atom. The van der Waals surface area contributed by atoms with Gasteiger partial charge in [0, 0.05) is 0 Å². The van der Waals surface area contributed by atoms with Crippen LogP contribution < -0.4 is 5.32 Å². The van der Waals surface area contributed by atoms with Crippen LogP contribution in [0.15, 0.2) is 10.5 Å². The van der Waals surface area contributed by atoms with E-state index in [2.05, 4.69) is 5.32 Å². The van der Waals surface area contributed by atoms with Gasteiger partial charge >= 0.3 is 5.97 Å². The van der Waals surface area contributed by atoms with E-state index in [9.17, 15) is 9.59 Å². The summed E-state index contributed by atoms with van der Waals surface area (Å²) in [7, 11) is 0. The van der Waals surface area contributed by atoms with Gasteiger partial charge < -0.3 is 14.8 Å². The Hall–Kier alpha value is -1.78. The van der Waals surface area contributed by atoms with Crippen molar-refractivity contribution in [2.24, 2.45) is 0 Å². The summed E-state index contributed by atoms with van der Waals surface area (Å²) in [6, 6.07) is 1.69. The molecule has 1 aliphatic rings. The summed E-state index contributed by atoms with van der Waals surface area (Å²) in [6.45, 7) is 3.52. The van der Waals surface area contributed by atoms with E-state index in [-0.39, 0.29) is 12.3 Å². The number of amides is 1. The first-order valence-corrected chi connectivity index (χ1v) is 6.53. The first-order valence-electron chi connectivity index (χ1n) is 6.53. The Morgan fingerprint density at radius 2 is 2.00 bits per heavy atom. The fourth-order valence-corrected chi connectivity index (χ4v) is 2.85. The highest BCUT2D eigenvalue weighted by molar-refractivity contribution is 5.96. The highest BCUT2D eigenvalue weighted by atomic mass is 16.4. The van der Waals surface area contributed by atoms with Crippen LogP contribution in [0.3, 0.4) is 0 Å². The molecule has 2 N–H and O–H groups in total. The van der Waals surface area contributed by atoms with Crippen LogP contribution in [0.2, 0.25) is 0 Å². The topological polar surface area (TPSA) is 79.5 Å². The number of aliphatic carboxylic acids is 1. The molecule has 0 aromatic carbocycles. The Morgan fingerprint density at radius 1 is 1.37 bits per heavy atom. The van der Waals surface area contributed by atoms with Crippen molar-refractivity contribution in [2.75, 3.05) is 0 Å². The minimum absolute atomic E-state index is 0.0192. The number of carboxylic acids is 1.